The van der Waals surface area contributed by atoms with Crippen LogP contribution >= 0.6 is 0 Å². The molecule has 4 nitrogen and oxygen atoms in total. The van der Waals surface area contributed by atoms with Crippen LogP contribution < -0.4 is 15.2 Å². The molecule has 0 spiro atoms. The zero-order chi connectivity index (χ0) is 17.6. The van der Waals surface area contributed by atoms with E-state index in [0.29, 0.717) is 23.7 Å². The highest BCUT2D eigenvalue weighted by atomic mass is 16.5. The van der Waals surface area contributed by atoms with Gasteiger partial charge in [-0.05, 0) is 48.9 Å². The minimum absolute atomic E-state index is 0.396. The molecule has 0 aliphatic rings. The molecule has 0 atom stereocenters. The van der Waals surface area contributed by atoms with E-state index in [9.17, 15) is 4.79 Å². The maximum absolute atomic E-state index is 11.1. The largest absolute Gasteiger partial charge is 0.489 e. The van der Waals surface area contributed by atoms with Crippen LogP contribution in [0.25, 0.3) is 0 Å². The van der Waals surface area contributed by atoms with Gasteiger partial charge in [-0.25, -0.2) is 0 Å². The van der Waals surface area contributed by atoms with Gasteiger partial charge in [-0.15, -0.1) is 0 Å². The summed E-state index contributed by atoms with van der Waals surface area (Å²) in [5.74, 6) is 1.77. The van der Waals surface area contributed by atoms with E-state index in [0.717, 1.165) is 11.3 Å². The SMILES string of the molecule is Cc1ccc(Oc2cccc(OCc3ccc(C(N)=O)cc3)c2)cc1. The molecule has 0 saturated heterocycles. The van der Waals surface area contributed by atoms with Crippen molar-refractivity contribution in [1.29, 1.82) is 0 Å². The van der Waals surface area contributed by atoms with Crippen molar-refractivity contribution in [1.82, 2.24) is 0 Å². The molecule has 0 unspecified atom stereocenters. The monoisotopic (exact) mass is 333 g/mol. The molecule has 0 bridgehead atoms. The summed E-state index contributed by atoms with van der Waals surface area (Å²) in [6, 6.07) is 22.4. The fourth-order valence-corrected chi connectivity index (χ4v) is 2.30. The van der Waals surface area contributed by atoms with Gasteiger partial charge >= 0.3 is 0 Å². The van der Waals surface area contributed by atoms with E-state index in [-0.39, 0.29) is 0 Å². The Labute approximate surface area is 146 Å². The zero-order valence-corrected chi connectivity index (χ0v) is 13.9. The summed E-state index contributed by atoms with van der Waals surface area (Å²) < 4.78 is 11.6. The van der Waals surface area contributed by atoms with Crippen molar-refractivity contribution in [2.45, 2.75) is 13.5 Å². The summed E-state index contributed by atoms with van der Waals surface area (Å²) >= 11 is 0. The summed E-state index contributed by atoms with van der Waals surface area (Å²) in [5, 5.41) is 0. The Hall–Kier alpha value is -3.27. The van der Waals surface area contributed by atoms with Crippen LogP contribution in [-0.4, -0.2) is 5.91 Å². The first-order chi connectivity index (χ1) is 12.1. The lowest BCUT2D eigenvalue weighted by atomic mass is 10.1. The quantitative estimate of drug-likeness (QED) is 0.724. The maximum Gasteiger partial charge on any atom is 0.248 e. The Morgan fingerprint density at radius 1 is 0.880 bits per heavy atom. The normalized spacial score (nSPS) is 10.3. The lowest BCUT2D eigenvalue weighted by molar-refractivity contribution is 0.1000. The molecule has 1 amide bonds. The fraction of sp³-hybridized carbons (Fsp3) is 0.0952. The molecule has 2 N–H and O–H groups in total. The average molecular weight is 333 g/mol. The van der Waals surface area contributed by atoms with Crippen molar-refractivity contribution < 1.29 is 14.3 Å². The predicted octanol–water partition coefficient (Wildman–Crippen LogP) is 4.47. The van der Waals surface area contributed by atoms with Crippen LogP contribution in [0.5, 0.6) is 17.2 Å². The Balaban J connectivity index is 1.63. The van der Waals surface area contributed by atoms with Crippen LogP contribution in [0, 0.1) is 6.92 Å². The number of aryl methyl sites for hydroxylation is 1. The molecule has 4 heteroatoms. The third-order valence-corrected chi connectivity index (χ3v) is 3.71. The van der Waals surface area contributed by atoms with Crippen molar-refractivity contribution in [3.8, 4) is 17.2 Å². The second-order valence-electron chi connectivity index (χ2n) is 5.74. The van der Waals surface area contributed by atoms with E-state index < -0.39 is 5.91 Å². The number of hydrogen-bond acceptors (Lipinski definition) is 3. The van der Waals surface area contributed by atoms with E-state index in [1.54, 1.807) is 12.1 Å². The van der Waals surface area contributed by atoms with Crippen molar-refractivity contribution in [3.63, 3.8) is 0 Å². The van der Waals surface area contributed by atoms with Crippen molar-refractivity contribution >= 4 is 5.91 Å². The molecule has 0 aliphatic carbocycles. The molecule has 25 heavy (non-hydrogen) atoms. The lowest BCUT2D eigenvalue weighted by Crippen LogP contribution is -2.10. The summed E-state index contributed by atoms with van der Waals surface area (Å²) in [5.41, 5.74) is 7.86. The molecule has 126 valence electrons. The molecule has 0 heterocycles. The fourth-order valence-electron chi connectivity index (χ4n) is 2.30. The van der Waals surface area contributed by atoms with Crippen LogP contribution in [0.15, 0.2) is 72.8 Å². The Morgan fingerprint density at radius 2 is 1.56 bits per heavy atom. The van der Waals surface area contributed by atoms with Crippen LogP contribution in [-0.2, 0) is 6.61 Å². The molecule has 3 aromatic carbocycles. The first-order valence-corrected chi connectivity index (χ1v) is 7.96. The molecule has 3 rings (SSSR count). The molecule has 0 aromatic heterocycles. The Morgan fingerprint density at radius 3 is 2.24 bits per heavy atom. The molecule has 0 radical (unpaired) electrons. The van der Waals surface area contributed by atoms with Gasteiger partial charge in [0.05, 0.1) is 0 Å². The standard InChI is InChI=1S/C21H19NO3/c1-15-5-11-18(12-6-15)25-20-4-2-3-19(13-20)24-14-16-7-9-17(10-8-16)21(22)23/h2-13H,14H2,1H3,(H2,22,23). The molecular weight excluding hydrogens is 314 g/mol. The summed E-state index contributed by atoms with van der Waals surface area (Å²) in [6.07, 6.45) is 0. The third kappa shape index (κ3) is 4.61. The van der Waals surface area contributed by atoms with Crippen molar-refractivity contribution in [2.75, 3.05) is 0 Å². The van der Waals surface area contributed by atoms with Gasteiger partial charge in [0.15, 0.2) is 0 Å². The van der Waals surface area contributed by atoms with Gasteiger partial charge in [-0.1, -0.05) is 35.9 Å². The summed E-state index contributed by atoms with van der Waals surface area (Å²) in [4.78, 5) is 11.1. The predicted molar refractivity (Wildman–Crippen MR) is 97.0 cm³/mol. The number of ether oxygens (including phenoxy) is 2. The third-order valence-electron chi connectivity index (χ3n) is 3.71. The van der Waals surface area contributed by atoms with Gasteiger partial charge in [0, 0.05) is 11.6 Å². The minimum atomic E-state index is -0.437. The van der Waals surface area contributed by atoms with Crippen LogP contribution in [0.2, 0.25) is 0 Å². The van der Waals surface area contributed by atoms with E-state index in [4.69, 9.17) is 15.2 Å². The number of nitrogens with two attached hydrogens (primary N) is 1. The second-order valence-corrected chi connectivity index (χ2v) is 5.74. The number of carbonyl (C=O) groups excluding carboxylic acids is 1. The number of primary amides is 1. The second kappa shape index (κ2) is 7.53. The molecule has 0 saturated carbocycles. The van der Waals surface area contributed by atoms with Gasteiger partial charge in [0.2, 0.25) is 5.91 Å². The van der Waals surface area contributed by atoms with Crippen molar-refractivity contribution in [3.05, 3.63) is 89.5 Å². The molecule has 0 fully saturated rings. The van der Waals surface area contributed by atoms with E-state index in [1.807, 2.05) is 67.6 Å². The minimum Gasteiger partial charge on any atom is -0.489 e. The van der Waals surface area contributed by atoms with E-state index >= 15 is 0 Å². The summed E-state index contributed by atoms with van der Waals surface area (Å²) in [7, 11) is 0. The van der Waals surface area contributed by atoms with Gasteiger partial charge in [-0.2, -0.15) is 0 Å². The first-order valence-electron chi connectivity index (χ1n) is 7.96. The summed E-state index contributed by atoms with van der Waals surface area (Å²) in [6.45, 7) is 2.43. The highest BCUT2D eigenvalue weighted by Crippen LogP contribution is 2.26. The highest BCUT2D eigenvalue weighted by Gasteiger charge is 2.03. The van der Waals surface area contributed by atoms with Crippen LogP contribution in [0.1, 0.15) is 21.5 Å². The van der Waals surface area contributed by atoms with Gasteiger partial charge in [-0.3, -0.25) is 4.79 Å². The molecular formula is C21H19NO3. The van der Waals surface area contributed by atoms with Crippen molar-refractivity contribution in [2.24, 2.45) is 5.73 Å². The first kappa shape index (κ1) is 16.6. The topological polar surface area (TPSA) is 61.6 Å². The van der Waals surface area contributed by atoms with E-state index in [1.165, 1.54) is 5.56 Å². The lowest BCUT2D eigenvalue weighted by Gasteiger charge is -2.10. The molecule has 0 aliphatic heterocycles. The maximum atomic E-state index is 11.1. The number of amides is 1. The Bertz CT molecular complexity index is 855. The van der Waals surface area contributed by atoms with Crippen LogP contribution in [0.4, 0.5) is 0 Å². The number of rotatable bonds is 6. The average Bonchev–Trinajstić information content (AvgIpc) is 2.63. The van der Waals surface area contributed by atoms with Gasteiger partial charge < -0.3 is 15.2 Å². The smallest absolute Gasteiger partial charge is 0.248 e. The van der Waals surface area contributed by atoms with E-state index in [2.05, 4.69) is 0 Å². The highest BCUT2D eigenvalue weighted by molar-refractivity contribution is 5.92. The van der Waals surface area contributed by atoms with Gasteiger partial charge in [0.1, 0.15) is 23.9 Å². The van der Waals surface area contributed by atoms with Crippen LogP contribution in [0.3, 0.4) is 0 Å². The number of benzene rings is 3. The molecule has 3 aromatic rings. The van der Waals surface area contributed by atoms with Gasteiger partial charge in [0.25, 0.3) is 0 Å². The number of hydrogen-bond donors (Lipinski definition) is 1. The number of carbonyl (C=O) groups is 1. The zero-order valence-electron chi connectivity index (χ0n) is 13.9. The Kier molecular flexibility index (Phi) is 5.00.